The van der Waals surface area contributed by atoms with E-state index in [2.05, 4.69) is 0 Å². The lowest BCUT2D eigenvalue weighted by molar-refractivity contribution is -0.385. The van der Waals surface area contributed by atoms with Crippen molar-refractivity contribution in [2.24, 2.45) is 0 Å². The molecule has 0 saturated carbocycles. The molecule has 0 aromatic heterocycles. The van der Waals surface area contributed by atoms with Crippen molar-refractivity contribution < 1.29 is 14.8 Å². The van der Waals surface area contributed by atoms with Gasteiger partial charge in [-0.1, -0.05) is 0 Å². The highest BCUT2D eigenvalue weighted by molar-refractivity contribution is 5.90. The number of nitrogens with zero attached hydrogens (tertiary/aromatic N) is 2. The van der Waals surface area contributed by atoms with E-state index >= 15 is 0 Å². The number of carboxylic acid groups (broad SMARTS) is 1. The van der Waals surface area contributed by atoms with Gasteiger partial charge in [0.15, 0.2) is 0 Å². The van der Waals surface area contributed by atoms with Gasteiger partial charge in [0.25, 0.3) is 5.69 Å². The zero-order chi connectivity index (χ0) is 13.2. The molecule has 1 aromatic rings. The third-order valence-corrected chi connectivity index (χ3v) is 2.68. The van der Waals surface area contributed by atoms with Gasteiger partial charge in [-0.2, -0.15) is 0 Å². The molecule has 0 unspecified atom stereocenters. The van der Waals surface area contributed by atoms with Gasteiger partial charge in [0.05, 0.1) is 16.1 Å². The number of carboxylic acids is 1. The number of carbonyl (C=O) groups is 1. The Morgan fingerprint density at radius 2 is 2.12 bits per heavy atom. The van der Waals surface area contributed by atoms with Crippen molar-refractivity contribution in [3.8, 4) is 0 Å². The second kappa shape index (κ2) is 4.82. The van der Waals surface area contributed by atoms with Crippen LogP contribution in [0.1, 0.15) is 22.8 Å². The molecular weight excluding hydrogens is 224 g/mol. The Morgan fingerprint density at radius 3 is 2.53 bits per heavy atom. The summed E-state index contributed by atoms with van der Waals surface area (Å²) in [5, 5.41) is 19.8. The van der Waals surface area contributed by atoms with E-state index in [4.69, 9.17) is 5.11 Å². The Morgan fingerprint density at radius 1 is 1.53 bits per heavy atom. The van der Waals surface area contributed by atoms with Gasteiger partial charge < -0.3 is 10.0 Å². The molecule has 0 atom stereocenters. The number of nitro benzene ring substituents is 1. The number of benzene rings is 1. The van der Waals surface area contributed by atoms with Gasteiger partial charge in [-0.05, 0) is 19.9 Å². The molecule has 17 heavy (non-hydrogen) atoms. The molecule has 0 spiro atoms. The van der Waals surface area contributed by atoms with E-state index < -0.39 is 10.9 Å². The first-order valence-electron chi connectivity index (χ1n) is 5.12. The standard InChI is InChI=1S/C11H14N2O4/c1-4-12(3)9-5-8(11(14)15)6-10(7(9)2)13(16)17/h5-6H,4H2,1-3H3,(H,14,15). The maximum Gasteiger partial charge on any atom is 0.336 e. The highest BCUT2D eigenvalue weighted by Gasteiger charge is 2.20. The zero-order valence-corrected chi connectivity index (χ0v) is 9.93. The minimum atomic E-state index is -1.17. The van der Waals surface area contributed by atoms with Crippen LogP contribution in [-0.4, -0.2) is 29.6 Å². The maximum atomic E-state index is 10.9. The first kappa shape index (κ1) is 13.0. The van der Waals surface area contributed by atoms with Gasteiger partial charge >= 0.3 is 5.97 Å². The maximum absolute atomic E-state index is 10.9. The SMILES string of the molecule is CCN(C)c1cc(C(=O)O)cc([N+](=O)[O-])c1C. The van der Waals surface area contributed by atoms with Crippen LogP contribution in [0.3, 0.4) is 0 Å². The van der Waals surface area contributed by atoms with Crippen LogP contribution in [0.4, 0.5) is 11.4 Å². The second-order valence-electron chi connectivity index (χ2n) is 3.72. The fourth-order valence-electron chi connectivity index (χ4n) is 1.56. The lowest BCUT2D eigenvalue weighted by Crippen LogP contribution is -2.18. The van der Waals surface area contributed by atoms with E-state index in [9.17, 15) is 14.9 Å². The van der Waals surface area contributed by atoms with Gasteiger partial charge in [0.2, 0.25) is 0 Å². The van der Waals surface area contributed by atoms with Crippen LogP contribution >= 0.6 is 0 Å². The average molecular weight is 238 g/mol. The van der Waals surface area contributed by atoms with Crippen LogP contribution in [0.5, 0.6) is 0 Å². The first-order chi connectivity index (χ1) is 7.88. The zero-order valence-electron chi connectivity index (χ0n) is 9.93. The molecule has 6 nitrogen and oxygen atoms in total. The van der Waals surface area contributed by atoms with E-state index in [-0.39, 0.29) is 11.3 Å². The largest absolute Gasteiger partial charge is 0.478 e. The predicted molar refractivity (Wildman–Crippen MR) is 63.7 cm³/mol. The second-order valence-corrected chi connectivity index (χ2v) is 3.72. The van der Waals surface area contributed by atoms with Crippen molar-refractivity contribution in [2.75, 3.05) is 18.5 Å². The third-order valence-electron chi connectivity index (χ3n) is 2.68. The highest BCUT2D eigenvalue weighted by atomic mass is 16.6. The fourth-order valence-corrected chi connectivity index (χ4v) is 1.56. The molecule has 0 aliphatic heterocycles. The molecule has 0 saturated heterocycles. The van der Waals surface area contributed by atoms with Crippen molar-refractivity contribution in [1.29, 1.82) is 0 Å². The monoisotopic (exact) mass is 238 g/mol. The smallest absolute Gasteiger partial charge is 0.336 e. The van der Waals surface area contributed by atoms with Crippen LogP contribution in [0.25, 0.3) is 0 Å². The lowest BCUT2D eigenvalue weighted by Gasteiger charge is -2.19. The van der Waals surface area contributed by atoms with Crippen molar-refractivity contribution in [2.45, 2.75) is 13.8 Å². The van der Waals surface area contributed by atoms with Crippen molar-refractivity contribution >= 4 is 17.3 Å². The van der Waals surface area contributed by atoms with Crippen LogP contribution in [0.15, 0.2) is 12.1 Å². The number of aromatic carboxylic acids is 1. The summed E-state index contributed by atoms with van der Waals surface area (Å²) >= 11 is 0. The molecule has 0 amide bonds. The van der Waals surface area contributed by atoms with Crippen molar-refractivity contribution in [3.05, 3.63) is 33.4 Å². The average Bonchev–Trinajstić information content (AvgIpc) is 2.27. The summed E-state index contributed by atoms with van der Waals surface area (Å²) < 4.78 is 0. The normalized spacial score (nSPS) is 10.1. The number of rotatable bonds is 4. The summed E-state index contributed by atoms with van der Waals surface area (Å²) in [7, 11) is 1.76. The van der Waals surface area contributed by atoms with E-state index in [1.165, 1.54) is 6.07 Å². The molecule has 1 rings (SSSR count). The van der Waals surface area contributed by atoms with E-state index in [0.29, 0.717) is 17.8 Å². The highest BCUT2D eigenvalue weighted by Crippen LogP contribution is 2.29. The topological polar surface area (TPSA) is 83.7 Å². The van der Waals surface area contributed by atoms with Crippen LogP contribution in [-0.2, 0) is 0 Å². The third kappa shape index (κ3) is 2.52. The van der Waals surface area contributed by atoms with Gasteiger partial charge in [-0.15, -0.1) is 0 Å². The quantitative estimate of drug-likeness (QED) is 0.641. The Hall–Kier alpha value is -2.11. The fraction of sp³-hybridized carbons (Fsp3) is 0.364. The molecule has 0 bridgehead atoms. The molecule has 92 valence electrons. The van der Waals surface area contributed by atoms with Gasteiger partial charge in [-0.25, -0.2) is 4.79 Å². The molecule has 1 aromatic carbocycles. The van der Waals surface area contributed by atoms with Crippen LogP contribution in [0.2, 0.25) is 0 Å². The van der Waals surface area contributed by atoms with E-state index in [0.717, 1.165) is 6.07 Å². The van der Waals surface area contributed by atoms with E-state index in [1.54, 1.807) is 18.9 Å². The van der Waals surface area contributed by atoms with E-state index in [1.807, 2.05) is 6.92 Å². The summed E-state index contributed by atoms with van der Waals surface area (Å²) in [5.41, 5.74) is 0.807. The van der Waals surface area contributed by atoms with Crippen molar-refractivity contribution in [3.63, 3.8) is 0 Å². The molecule has 0 radical (unpaired) electrons. The predicted octanol–water partition coefficient (Wildman–Crippen LogP) is 2.06. The summed E-state index contributed by atoms with van der Waals surface area (Å²) in [6, 6.07) is 2.54. The molecule has 0 aliphatic carbocycles. The Kier molecular flexibility index (Phi) is 3.67. The molecule has 0 heterocycles. The molecule has 1 N–H and O–H groups in total. The molecule has 0 fully saturated rings. The summed E-state index contributed by atoms with van der Waals surface area (Å²) in [4.78, 5) is 23.0. The summed E-state index contributed by atoms with van der Waals surface area (Å²) in [5.74, 6) is -1.17. The number of hydrogen-bond donors (Lipinski definition) is 1. The summed E-state index contributed by atoms with van der Waals surface area (Å²) in [6.45, 7) is 4.14. The summed E-state index contributed by atoms with van der Waals surface area (Å²) in [6.07, 6.45) is 0. The lowest BCUT2D eigenvalue weighted by atomic mass is 10.1. The molecule has 0 aliphatic rings. The van der Waals surface area contributed by atoms with Crippen molar-refractivity contribution in [1.82, 2.24) is 0 Å². The Labute approximate surface area is 98.6 Å². The van der Waals surface area contributed by atoms with Gasteiger partial charge in [0.1, 0.15) is 0 Å². The Balaban J connectivity index is 3.48. The number of hydrogen-bond acceptors (Lipinski definition) is 4. The van der Waals surface area contributed by atoms with Crippen LogP contribution in [0, 0.1) is 17.0 Å². The van der Waals surface area contributed by atoms with Gasteiger partial charge in [-0.3, -0.25) is 10.1 Å². The van der Waals surface area contributed by atoms with Crippen LogP contribution < -0.4 is 4.90 Å². The first-order valence-corrected chi connectivity index (χ1v) is 5.12. The molecular formula is C11H14N2O4. The minimum absolute atomic E-state index is 0.0717. The minimum Gasteiger partial charge on any atom is -0.478 e. The number of nitro groups is 1. The Bertz CT molecular complexity index is 471. The molecule has 6 heteroatoms. The number of anilines is 1. The van der Waals surface area contributed by atoms with Gasteiger partial charge in [0, 0.05) is 25.3 Å².